The number of piperidine rings is 1. The van der Waals surface area contributed by atoms with Crippen LogP contribution in [-0.4, -0.2) is 49.1 Å². The number of nitrogens with zero attached hydrogens (tertiary/aromatic N) is 3. The lowest BCUT2D eigenvalue weighted by molar-refractivity contribution is 0.573. The molecule has 0 aliphatic carbocycles. The maximum Gasteiger partial charge on any atom is 0.191 e. The zero-order valence-electron chi connectivity index (χ0n) is 16.2. The lowest BCUT2D eigenvalue weighted by Crippen LogP contribution is -2.37. The molecule has 0 spiro atoms. The van der Waals surface area contributed by atoms with Crippen molar-refractivity contribution in [3.05, 3.63) is 23.9 Å². The maximum absolute atomic E-state index is 4.73. The molecule has 5 nitrogen and oxygen atoms in total. The normalized spacial score (nSPS) is 14.7. The largest absolute Gasteiger partial charge is 0.357 e. The van der Waals surface area contributed by atoms with Gasteiger partial charge in [0.2, 0.25) is 0 Å². The molecule has 0 saturated carbocycles. The average molecular weight is 491 g/mol. The molecule has 148 valence electrons. The number of halogens is 1. The predicted octanol–water partition coefficient (Wildman–Crippen LogP) is 3.89. The third-order valence-corrected chi connectivity index (χ3v) is 5.02. The molecule has 26 heavy (non-hydrogen) atoms. The van der Waals surface area contributed by atoms with Gasteiger partial charge in [0.1, 0.15) is 5.82 Å². The monoisotopic (exact) mass is 491 g/mol. The smallest absolute Gasteiger partial charge is 0.191 e. The quantitative estimate of drug-likeness (QED) is 0.238. The minimum atomic E-state index is 0. The summed E-state index contributed by atoms with van der Waals surface area (Å²) in [5.74, 6) is 3.23. The molecule has 0 aromatic carbocycles. The standard InChI is InChI=1S/C19H33N5S.HI/c1-3-20-19(22-10-5-8-14-25-2)23-16-17-9-11-21-18(15-17)24-12-6-4-7-13-24;/h9,11,15H,3-8,10,12-14,16H2,1-2H3,(H2,20,22,23);1H. The molecule has 1 aliphatic rings. The molecule has 0 radical (unpaired) electrons. The Morgan fingerprint density at radius 1 is 1.23 bits per heavy atom. The highest BCUT2D eigenvalue weighted by atomic mass is 127. The number of guanidine groups is 1. The first kappa shape index (κ1) is 23.3. The number of hydrogen-bond donors (Lipinski definition) is 2. The van der Waals surface area contributed by atoms with E-state index in [-0.39, 0.29) is 24.0 Å². The second-order valence-electron chi connectivity index (χ2n) is 6.39. The van der Waals surface area contributed by atoms with Crippen molar-refractivity contribution in [2.45, 2.75) is 45.6 Å². The molecular weight excluding hydrogens is 457 g/mol. The van der Waals surface area contributed by atoms with Gasteiger partial charge in [-0.25, -0.2) is 9.98 Å². The van der Waals surface area contributed by atoms with Crippen LogP contribution in [0.25, 0.3) is 0 Å². The van der Waals surface area contributed by atoms with E-state index in [4.69, 9.17) is 4.99 Å². The Morgan fingerprint density at radius 3 is 2.77 bits per heavy atom. The predicted molar refractivity (Wildman–Crippen MR) is 126 cm³/mol. The molecule has 2 heterocycles. The van der Waals surface area contributed by atoms with Crippen molar-refractivity contribution in [2.24, 2.45) is 4.99 Å². The first-order chi connectivity index (χ1) is 12.3. The van der Waals surface area contributed by atoms with E-state index in [1.165, 1.54) is 43.4 Å². The SMILES string of the molecule is CCNC(=NCc1ccnc(N2CCCCC2)c1)NCCCCSC.I. The number of thioether (sulfide) groups is 1. The van der Waals surface area contributed by atoms with Crippen molar-refractivity contribution in [1.29, 1.82) is 0 Å². The van der Waals surface area contributed by atoms with Crippen molar-refractivity contribution < 1.29 is 0 Å². The number of aromatic nitrogens is 1. The van der Waals surface area contributed by atoms with Gasteiger partial charge in [0.25, 0.3) is 0 Å². The Balaban J connectivity index is 0.00000338. The fourth-order valence-corrected chi connectivity index (χ4v) is 3.44. The van der Waals surface area contributed by atoms with Crippen LogP contribution in [0.5, 0.6) is 0 Å². The van der Waals surface area contributed by atoms with Gasteiger partial charge < -0.3 is 15.5 Å². The van der Waals surface area contributed by atoms with Gasteiger partial charge in [-0.1, -0.05) is 0 Å². The molecule has 2 rings (SSSR count). The van der Waals surface area contributed by atoms with E-state index < -0.39 is 0 Å². The van der Waals surface area contributed by atoms with Crippen LogP contribution in [0.1, 0.15) is 44.6 Å². The Morgan fingerprint density at radius 2 is 2.04 bits per heavy atom. The van der Waals surface area contributed by atoms with Gasteiger partial charge in [0.15, 0.2) is 5.96 Å². The summed E-state index contributed by atoms with van der Waals surface area (Å²) < 4.78 is 0. The highest BCUT2D eigenvalue weighted by Gasteiger charge is 2.12. The first-order valence-corrected chi connectivity index (χ1v) is 10.9. The summed E-state index contributed by atoms with van der Waals surface area (Å²) >= 11 is 1.91. The van der Waals surface area contributed by atoms with Crippen molar-refractivity contribution in [1.82, 2.24) is 15.6 Å². The highest BCUT2D eigenvalue weighted by molar-refractivity contribution is 14.0. The number of anilines is 1. The molecule has 2 N–H and O–H groups in total. The number of aliphatic imine (C=N–C) groups is 1. The second-order valence-corrected chi connectivity index (χ2v) is 7.38. The van der Waals surface area contributed by atoms with Crippen LogP contribution in [0.3, 0.4) is 0 Å². The molecule has 0 bridgehead atoms. The van der Waals surface area contributed by atoms with E-state index in [1.807, 2.05) is 18.0 Å². The second kappa shape index (κ2) is 14.4. The van der Waals surface area contributed by atoms with E-state index in [2.05, 4.69) is 45.8 Å². The minimum Gasteiger partial charge on any atom is -0.357 e. The number of unbranched alkanes of at least 4 members (excludes halogenated alkanes) is 1. The summed E-state index contributed by atoms with van der Waals surface area (Å²) in [7, 11) is 0. The van der Waals surface area contributed by atoms with Crippen LogP contribution in [0.2, 0.25) is 0 Å². The summed E-state index contributed by atoms with van der Waals surface area (Å²) in [4.78, 5) is 11.7. The first-order valence-electron chi connectivity index (χ1n) is 9.54. The van der Waals surface area contributed by atoms with Gasteiger partial charge in [-0.2, -0.15) is 11.8 Å². The lowest BCUT2D eigenvalue weighted by Gasteiger charge is -2.27. The van der Waals surface area contributed by atoms with Gasteiger partial charge in [0.05, 0.1) is 6.54 Å². The topological polar surface area (TPSA) is 52.6 Å². The molecule has 0 atom stereocenters. The Kier molecular flexibility index (Phi) is 12.9. The Bertz CT molecular complexity index is 520. The molecule has 1 saturated heterocycles. The molecule has 1 aromatic rings. The van der Waals surface area contributed by atoms with Crippen molar-refractivity contribution in [3.8, 4) is 0 Å². The number of rotatable bonds is 9. The molecule has 1 aromatic heterocycles. The summed E-state index contributed by atoms with van der Waals surface area (Å²) in [5.41, 5.74) is 1.22. The third kappa shape index (κ3) is 8.79. The lowest BCUT2D eigenvalue weighted by atomic mass is 10.1. The third-order valence-electron chi connectivity index (χ3n) is 4.32. The van der Waals surface area contributed by atoms with Crippen molar-refractivity contribution in [3.63, 3.8) is 0 Å². The van der Waals surface area contributed by atoms with Gasteiger partial charge in [-0.3, -0.25) is 0 Å². The van der Waals surface area contributed by atoms with Crippen LogP contribution in [0.15, 0.2) is 23.3 Å². The number of pyridine rings is 1. The highest BCUT2D eigenvalue weighted by Crippen LogP contribution is 2.18. The fraction of sp³-hybridized carbons (Fsp3) is 0.684. The van der Waals surface area contributed by atoms with Crippen LogP contribution in [0.4, 0.5) is 5.82 Å². The van der Waals surface area contributed by atoms with Crippen molar-refractivity contribution >= 4 is 47.5 Å². The number of hydrogen-bond acceptors (Lipinski definition) is 4. The molecule has 7 heteroatoms. The van der Waals surface area contributed by atoms with Crippen LogP contribution in [-0.2, 0) is 6.54 Å². The molecule has 0 amide bonds. The molecule has 1 fully saturated rings. The van der Waals surface area contributed by atoms with Crippen LogP contribution in [0, 0.1) is 0 Å². The summed E-state index contributed by atoms with van der Waals surface area (Å²) in [6.45, 7) is 6.89. The van der Waals surface area contributed by atoms with Gasteiger partial charge in [-0.05, 0) is 68.7 Å². The summed E-state index contributed by atoms with van der Waals surface area (Å²) in [6, 6.07) is 4.26. The van der Waals surface area contributed by atoms with E-state index in [0.29, 0.717) is 6.54 Å². The molecule has 0 unspecified atom stereocenters. The Hall–Kier alpha value is -0.700. The summed E-state index contributed by atoms with van der Waals surface area (Å²) in [6.07, 6.45) is 10.4. The maximum atomic E-state index is 4.73. The molecule has 1 aliphatic heterocycles. The Labute approximate surface area is 180 Å². The zero-order chi connectivity index (χ0) is 17.7. The van der Waals surface area contributed by atoms with Gasteiger partial charge in [0, 0.05) is 32.4 Å². The van der Waals surface area contributed by atoms with Gasteiger partial charge >= 0.3 is 0 Å². The zero-order valence-corrected chi connectivity index (χ0v) is 19.3. The summed E-state index contributed by atoms with van der Waals surface area (Å²) in [5, 5.41) is 6.76. The van der Waals surface area contributed by atoms with Gasteiger partial charge in [-0.15, -0.1) is 24.0 Å². The minimum absolute atomic E-state index is 0. The molecular formula is C19H34IN5S. The number of nitrogens with one attached hydrogen (secondary N) is 2. The van der Waals surface area contributed by atoms with E-state index in [0.717, 1.165) is 38.0 Å². The van der Waals surface area contributed by atoms with E-state index >= 15 is 0 Å². The van der Waals surface area contributed by atoms with E-state index in [9.17, 15) is 0 Å². The average Bonchev–Trinajstić information content (AvgIpc) is 2.67. The van der Waals surface area contributed by atoms with Crippen LogP contribution >= 0.6 is 35.7 Å². The van der Waals surface area contributed by atoms with Crippen LogP contribution < -0.4 is 15.5 Å². The van der Waals surface area contributed by atoms with E-state index in [1.54, 1.807) is 0 Å². The fourth-order valence-electron chi connectivity index (χ4n) is 2.95. The van der Waals surface area contributed by atoms with Crippen molar-refractivity contribution in [2.75, 3.05) is 43.1 Å².